The lowest BCUT2D eigenvalue weighted by Crippen LogP contribution is -2.43. The summed E-state index contributed by atoms with van der Waals surface area (Å²) in [6, 6.07) is 12.8. The van der Waals surface area contributed by atoms with Crippen molar-refractivity contribution in [3.63, 3.8) is 0 Å². The van der Waals surface area contributed by atoms with Crippen molar-refractivity contribution in [1.29, 1.82) is 0 Å². The fourth-order valence-electron chi connectivity index (χ4n) is 4.12. The van der Waals surface area contributed by atoms with Crippen LogP contribution in [0.3, 0.4) is 0 Å². The summed E-state index contributed by atoms with van der Waals surface area (Å²) in [5, 5.41) is 6.93. The molecular weight excluding hydrogens is 402 g/mol. The van der Waals surface area contributed by atoms with Crippen LogP contribution in [0, 0.1) is 0 Å². The number of benzene rings is 1. The Bertz CT molecular complexity index is 798. The molecule has 1 saturated heterocycles. The van der Waals surface area contributed by atoms with Crippen LogP contribution < -0.4 is 10.6 Å². The minimum Gasteiger partial charge on any atom is -0.468 e. The molecule has 2 heterocycles. The lowest BCUT2D eigenvalue weighted by Gasteiger charge is -2.29. The molecule has 7 heteroatoms. The summed E-state index contributed by atoms with van der Waals surface area (Å²) in [5.74, 6) is 1.81. The quantitative estimate of drug-likeness (QED) is 0.412. The second kappa shape index (κ2) is 13.3. The van der Waals surface area contributed by atoms with Crippen LogP contribution in [0.15, 0.2) is 52.1 Å². The molecule has 1 unspecified atom stereocenters. The van der Waals surface area contributed by atoms with Gasteiger partial charge in [-0.15, -0.1) is 0 Å². The number of nitrogens with one attached hydrogen (secondary N) is 2. The van der Waals surface area contributed by atoms with Gasteiger partial charge in [-0.2, -0.15) is 0 Å². The summed E-state index contributed by atoms with van der Waals surface area (Å²) in [5.41, 5.74) is 2.60. The Hall–Kier alpha value is -2.35. The molecule has 32 heavy (non-hydrogen) atoms. The van der Waals surface area contributed by atoms with E-state index >= 15 is 0 Å². The Morgan fingerprint density at radius 1 is 1.03 bits per heavy atom. The van der Waals surface area contributed by atoms with Gasteiger partial charge in [-0.25, -0.2) is 4.99 Å². The number of likely N-dealkylation sites (N-methyl/N-ethyl adjacent to an activating group) is 1. The summed E-state index contributed by atoms with van der Waals surface area (Å²) in [7, 11) is 0. The molecule has 1 fully saturated rings. The average Bonchev–Trinajstić information content (AvgIpc) is 3.36. The van der Waals surface area contributed by atoms with Crippen LogP contribution in [0.4, 0.5) is 0 Å². The number of aliphatic imine (C=N–C) groups is 1. The molecule has 2 aromatic rings. The zero-order valence-electron chi connectivity index (χ0n) is 19.8. The number of hydrogen-bond acceptors (Lipinski definition) is 5. The van der Waals surface area contributed by atoms with Gasteiger partial charge in [-0.05, 0) is 43.3 Å². The largest absolute Gasteiger partial charge is 0.468 e. The molecule has 2 N–H and O–H groups in total. The fourth-order valence-corrected chi connectivity index (χ4v) is 4.12. The standard InChI is InChI=1S/C25H39N5O2/c1-4-26-25(28-19-23(30(5-2)6-3)24-12-9-15-32-24)27-18-21-10-7-8-11-22(21)20-29-13-16-31-17-14-29/h7-12,15,23H,4-6,13-14,16-20H2,1-3H3,(H2,26,27,28). The molecular formula is C25H39N5O2. The maximum atomic E-state index is 5.73. The third-order valence-electron chi connectivity index (χ3n) is 5.96. The SMILES string of the molecule is CCNC(=NCc1ccccc1CN1CCOCC1)NCC(c1ccco1)N(CC)CC. The Morgan fingerprint density at radius 2 is 1.78 bits per heavy atom. The molecule has 0 saturated carbocycles. The maximum Gasteiger partial charge on any atom is 0.191 e. The van der Waals surface area contributed by atoms with E-state index in [1.54, 1.807) is 6.26 Å². The topological polar surface area (TPSA) is 65.3 Å². The molecule has 0 bridgehead atoms. The van der Waals surface area contributed by atoms with E-state index in [1.807, 2.05) is 6.07 Å². The third-order valence-corrected chi connectivity index (χ3v) is 5.96. The van der Waals surface area contributed by atoms with E-state index in [-0.39, 0.29) is 6.04 Å². The minimum absolute atomic E-state index is 0.164. The van der Waals surface area contributed by atoms with Crippen molar-refractivity contribution in [2.45, 2.75) is 39.9 Å². The van der Waals surface area contributed by atoms with E-state index in [1.165, 1.54) is 11.1 Å². The number of hydrogen-bond donors (Lipinski definition) is 2. The maximum absolute atomic E-state index is 5.73. The highest BCUT2D eigenvalue weighted by Crippen LogP contribution is 2.20. The lowest BCUT2D eigenvalue weighted by molar-refractivity contribution is 0.0341. The normalized spacial score (nSPS) is 16.3. The fraction of sp³-hybridized carbons (Fsp3) is 0.560. The molecule has 0 radical (unpaired) electrons. The Balaban J connectivity index is 1.67. The van der Waals surface area contributed by atoms with Crippen molar-refractivity contribution in [3.8, 4) is 0 Å². The summed E-state index contributed by atoms with van der Waals surface area (Å²) in [4.78, 5) is 9.75. The van der Waals surface area contributed by atoms with Gasteiger partial charge in [0.05, 0.1) is 32.1 Å². The monoisotopic (exact) mass is 441 g/mol. The molecule has 3 rings (SSSR count). The first-order valence-electron chi connectivity index (χ1n) is 11.9. The highest BCUT2D eigenvalue weighted by molar-refractivity contribution is 5.79. The molecule has 1 aromatic heterocycles. The third kappa shape index (κ3) is 7.08. The molecule has 1 atom stereocenters. The number of ether oxygens (including phenoxy) is 1. The van der Waals surface area contributed by atoms with Crippen LogP contribution in [-0.2, 0) is 17.8 Å². The summed E-state index contributed by atoms with van der Waals surface area (Å²) in [6.07, 6.45) is 1.75. The van der Waals surface area contributed by atoms with Crippen molar-refractivity contribution in [1.82, 2.24) is 20.4 Å². The van der Waals surface area contributed by atoms with Crippen LogP contribution in [0.5, 0.6) is 0 Å². The number of morpholine rings is 1. The van der Waals surface area contributed by atoms with Gasteiger partial charge in [-0.3, -0.25) is 9.80 Å². The molecule has 176 valence electrons. The predicted octanol–water partition coefficient (Wildman–Crippen LogP) is 3.25. The van der Waals surface area contributed by atoms with Crippen molar-refractivity contribution in [2.24, 2.45) is 4.99 Å². The number of rotatable bonds is 11. The van der Waals surface area contributed by atoms with E-state index in [9.17, 15) is 0 Å². The van der Waals surface area contributed by atoms with E-state index in [2.05, 4.69) is 71.5 Å². The predicted molar refractivity (Wildman–Crippen MR) is 130 cm³/mol. The smallest absolute Gasteiger partial charge is 0.191 e. The number of guanidine groups is 1. The average molecular weight is 442 g/mol. The van der Waals surface area contributed by atoms with Crippen molar-refractivity contribution < 1.29 is 9.15 Å². The van der Waals surface area contributed by atoms with Gasteiger partial charge in [-0.1, -0.05) is 38.1 Å². The minimum atomic E-state index is 0.164. The molecule has 7 nitrogen and oxygen atoms in total. The highest BCUT2D eigenvalue weighted by atomic mass is 16.5. The van der Waals surface area contributed by atoms with Gasteiger partial charge in [0.15, 0.2) is 5.96 Å². The van der Waals surface area contributed by atoms with E-state index in [0.717, 1.165) is 70.7 Å². The van der Waals surface area contributed by atoms with Gasteiger partial charge < -0.3 is 19.8 Å². The first kappa shape index (κ1) is 24.3. The molecule has 1 aromatic carbocycles. The second-order valence-electron chi connectivity index (χ2n) is 7.99. The second-order valence-corrected chi connectivity index (χ2v) is 7.99. The zero-order valence-corrected chi connectivity index (χ0v) is 19.8. The van der Waals surface area contributed by atoms with Crippen molar-refractivity contribution in [3.05, 3.63) is 59.5 Å². The van der Waals surface area contributed by atoms with Crippen molar-refractivity contribution in [2.75, 3.05) is 52.5 Å². The molecule has 1 aliphatic rings. The van der Waals surface area contributed by atoms with E-state index in [4.69, 9.17) is 14.1 Å². The molecule has 1 aliphatic heterocycles. The Labute approximate surface area is 192 Å². The van der Waals surface area contributed by atoms with Gasteiger partial charge in [0.2, 0.25) is 0 Å². The molecule has 0 spiro atoms. The number of nitrogens with zero attached hydrogens (tertiary/aromatic N) is 3. The summed E-state index contributed by atoms with van der Waals surface area (Å²) < 4.78 is 11.2. The number of furan rings is 1. The van der Waals surface area contributed by atoms with Gasteiger partial charge in [0.1, 0.15) is 5.76 Å². The summed E-state index contributed by atoms with van der Waals surface area (Å²) in [6.45, 7) is 15.1. The van der Waals surface area contributed by atoms with E-state index < -0.39 is 0 Å². The molecule has 0 aliphatic carbocycles. The van der Waals surface area contributed by atoms with Crippen LogP contribution in [0.2, 0.25) is 0 Å². The molecule has 0 amide bonds. The van der Waals surface area contributed by atoms with Gasteiger partial charge in [0.25, 0.3) is 0 Å². The zero-order chi connectivity index (χ0) is 22.6. The Morgan fingerprint density at radius 3 is 2.44 bits per heavy atom. The van der Waals surface area contributed by atoms with E-state index in [0.29, 0.717) is 6.54 Å². The van der Waals surface area contributed by atoms with Crippen molar-refractivity contribution >= 4 is 5.96 Å². The first-order valence-corrected chi connectivity index (χ1v) is 11.9. The highest BCUT2D eigenvalue weighted by Gasteiger charge is 2.21. The van der Waals surface area contributed by atoms with Crippen LogP contribution in [-0.4, -0.2) is 68.2 Å². The lowest BCUT2D eigenvalue weighted by atomic mass is 10.1. The summed E-state index contributed by atoms with van der Waals surface area (Å²) >= 11 is 0. The van der Waals surface area contributed by atoms with Crippen LogP contribution in [0.25, 0.3) is 0 Å². The van der Waals surface area contributed by atoms with Crippen LogP contribution in [0.1, 0.15) is 43.7 Å². The van der Waals surface area contributed by atoms with Gasteiger partial charge >= 0.3 is 0 Å². The first-order chi connectivity index (χ1) is 15.7. The van der Waals surface area contributed by atoms with Crippen LogP contribution >= 0.6 is 0 Å². The van der Waals surface area contributed by atoms with Gasteiger partial charge in [0, 0.05) is 32.7 Å². The Kier molecular flexibility index (Phi) is 10.1.